The zero-order chi connectivity index (χ0) is 12.8. The third-order valence-corrected chi connectivity index (χ3v) is 3.34. The minimum absolute atomic E-state index is 0.0120. The standard InChI is InChI=1S/C14H27BrO2/c1-2-3-4-10-13-17-14(16)11-8-6-5-7-9-12-15/h2-13H2,1H3. The highest BCUT2D eigenvalue weighted by atomic mass is 79.9. The number of hydrogen-bond acceptors (Lipinski definition) is 2. The molecule has 0 spiro atoms. The van der Waals surface area contributed by atoms with E-state index in [-0.39, 0.29) is 5.97 Å². The van der Waals surface area contributed by atoms with Gasteiger partial charge < -0.3 is 4.74 Å². The van der Waals surface area contributed by atoms with Gasteiger partial charge in [-0.2, -0.15) is 0 Å². The van der Waals surface area contributed by atoms with Crippen LogP contribution in [0.25, 0.3) is 0 Å². The molecule has 0 aliphatic rings. The van der Waals surface area contributed by atoms with Crippen molar-refractivity contribution in [3.8, 4) is 0 Å². The Morgan fingerprint density at radius 1 is 0.941 bits per heavy atom. The van der Waals surface area contributed by atoms with Crippen molar-refractivity contribution in [1.29, 1.82) is 0 Å². The molecule has 0 aromatic heterocycles. The monoisotopic (exact) mass is 306 g/mol. The van der Waals surface area contributed by atoms with Gasteiger partial charge in [-0.15, -0.1) is 0 Å². The van der Waals surface area contributed by atoms with Gasteiger partial charge in [0.25, 0.3) is 0 Å². The van der Waals surface area contributed by atoms with Crippen molar-refractivity contribution in [2.75, 3.05) is 11.9 Å². The first kappa shape index (κ1) is 16.9. The number of alkyl halides is 1. The third kappa shape index (κ3) is 13.9. The molecule has 0 aromatic carbocycles. The molecule has 0 atom stereocenters. The van der Waals surface area contributed by atoms with E-state index < -0.39 is 0 Å². The van der Waals surface area contributed by atoms with E-state index in [1.54, 1.807) is 0 Å². The number of esters is 1. The van der Waals surface area contributed by atoms with Crippen LogP contribution in [0.3, 0.4) is 0 Å². The van der Waals surface area contributed by atoms with E-state index in [2.05, 4.69) is 22.9 Å². The second-order valence-electron chi connectivity index (χ2n) is 4.49. The van der Waals surface area contributed by atoms with Crippen molar-refractivity contribution in [1.82, 2.24) is 0 Å². The van der Waals surface area contributed by atoms with Crippen LogP contribution >= 0.6 is 15.9 Å². The van der Waals surface area contributed by atoms with Crippen molar-refractivity contribution in [3.63, 3.8) is 0 Å². The summed E-state index contributed by atoms with van der Waals surface area (Å²) in [5.41, 5.74) is 0. The Labute approximate surface area is 115 Å². The molecule has 0 heterocycles. The van der Waals surface area contributed by atoms with Crippen molar-refractivity contribution < 1.29 is 9.53 Å². The van der Waals surface area contributed by atoms with Gasteiger partial charge in [0.1, 0.15) is 0 Å². The Morgan fingerprint density at radius 3 is 2.29 bits per heavy atom. The van der Waals surface area contributed by atoms with Crippen LogP contribution in [0.2, 0.25) is 0 Å². The Bertz CT molecular complexity index is 172. The van der Waals surface area contributed by atoms with Crippen LogP contribution in [0.5, 0.6) is 0 Å². The quantitative estimate of drug-likeness (QED) is 0.293. The maximum Gasteiger partial charge on any atom is 0.305 e. The van der Waals surface area contributed by atoms with Crippen molar-refractivity contribution >= 4 is 21.9 Å². The molecule has 0 amide bonds. The molecule has 0 saturated heterocycles. The van der Waals surface area contributed by atoms with Crippen molar-refractivity contribution in [2.24, 2.45) is 0 Å². The zero-order valence-electron chi connectivity index (χ0n) is 11.2. The predicted molar refractivity (Wildman–Crippen MR) is 76.6 cm³/mol. The minimum Gasteiger partial charge on any atom is -0.466 e. The first-order valence-corrected chi connectivity index (χ1v) is 8.15. The predicted octanol–water partition coefficient (Wildman–Crippen LogP) is 4.85. The van der Waals surface area contributed by atoms with Crippen LogP contribution in [0.15, 0.2) is 0 Å². The SMILES string of the molecule is CCCCCCOC(=O)CCCCCCCBr. The van der Waals surface area contributed by atoms with Gasteiger partial charge in [0.2, 0.25) is 0 Å². The summed E-state index contributed by atoms with van der Waals surface area (Å²) < 4.78 is 5.17. The highest BCUT2D eigenvalue weighted by molar-refractivity contribution is 9.09. The lowest BCUT2D eigenvalue weighted by molar-refractivity contribution is -0.143. The Hall–Kier alpha value is -0.0500. The van der Waals surface area contributed by atoms with E-state index in [4.69, 9.17) is 4.74 Å². The number of hydrogen-bond donors (Lipinski definition) is 0. The second kappa shape index (κ2) is 14.0. The average Bonchev–Trinajstić information content (AvgIpc) is 2.33. The van der Waals surface area contributed by atoms with Crippen LogP contribution in [0.1, 0.15) is 71.1 Å². The molecular weight excluding hydrogens is 280 g/mol. The fourth-order valence-corrected chi connectivity index (χ4v) is 2.08. The zero-order valence-corrected chi connectivity index (χ0v) is 12.8. The highest BCUT2D eigenvalue weighted by Gasteiger charge is 2.01. The first-order valence-electron chi connectivity index (χ1n) is 7.02. The summed E-state index contributed by atoms with van der Waals surface area (Å²) in [7, 11) is 0. The largest absolute Gasteiger partial charge is 0.466 e. The summed E-state index contributed by atoms with van der Waals surface area (Å²) in [5.74, 6) is -0.0120. The molecule has 0 aromatic rings. The van der Waals surface area contributed by atoms with E-state index >= 15 is 0 Å². The number of ether oxygens (including phenoxy) is 1. The molecule has 0 saturated carbocycles. The molecule has 0 radical (unpaired) electrons. The van der Waals surface area contributed by atoms with E-state index in [9.17, 15) is 4.79 Å². The van der Waals surface area contributed by atoms with Gasteiger partial charge in [-0.25, -0.2) is 0 Å². The number of unbranched alkanes of at least 4 members (excludes halogenated alkanes) is 7. The fourth-order valence-electron chi connectivity index (χ4n) is 1.68. The summed E-state index contributed by atoms with van der Waals surface area (Å²) in [5, 5.41) is 1.09. The third-order valence-electron chi connectivity index (χ3n) is 2.78. The van der Waals surface area contributed by atoms with Gasteiger partial charge in [-0.1, -0.05) is 61.4 Å². The summed E-state index contributed by atoms with van der Waals surface area (Å²) in [6, 6.07) is 0. The van der Waals surface area contributed by atoms with Crippen molar-refractivity contribution in [3.05, 3.63) is 0 Å². The van der Waals surface area contributed by atoms with E-state index in [0.29, 0.717) is 13.0 Å². The van der Waals surface area contributed by atoms with Gasteiger partial charge >= 0.3 is 5.97 Å². The number of halogens is 1. The van der Waals surface area contributed by atoms with Crippen LogP contribution in [-0.4, -0.2) is 17.9 Å². The van der Waals surface area contributed by atoms with E-state index in [0.717, 1.165) is 24.6 Å². The number of rotatable bonds is 12. The molecule has 0 fully saturated rings. The van der Waals surface area contributed by atoms with E-state index in [1.807, 2.05) is 0 Å². The van der Waals surface area contributed by atoms with Gasteiger partial charge in [0.05, 0.1) is 6.61 Å². The van der Waals surface area contributed by atoms with Gasteiger partial charge in [0, 0.05) is 11.8 Å². The summed E-state index contributed by atoms with van der Waals surface area (Å²) in [6.45, 7) is 2.80. The molecule has 0 bridgehead atoms. The minimum atomic E-state index is -0.0120. The van der Waals surface area contributed by atoms with Crippen LogP contribution in [-0.2, 0) is 9.53 Å². The maximum atomic E-state index is 11.3. The second-order valence-corrected chi connectivity index (χ2v) is 5.28. The highest BCUT2D eigenvalue weighted by Crippen LogP contribution is 2.07. The lowest BCUT2D eigenvalue weighted by Crippen LogP contribution is -2.05. The molecule has 0 aliphatic heterocycles. The maximum absolute atomic E-state index is 11.3. The Morgan fingerprint density at radius 2 is 1.59 bits per heavy atom. The summed E-state index contributed by atoms with van der Waals surface area (Å²) in [4.78, 5) is 11.3. The molecule has 3 heteroatoms. The topological polar surface area (TPSA) is 26.3 Å². The summed E-state index contributed by atoms with van der Waals surface area (Å²) in [6.07, 6.45) is 11.1. The first-order chi connectivity index (χ1) is 8.31. The molecule has 0 aliphatic carbocycles. The summed E-state index contributed by atoms with van der Waals surface area (Å²) >= 11 is 3.41. The Balaban J connectivity index is 3.12. The Kier molecular flexibility index (Phi) is 14.0. The fraction of sp³-hybridized carbons (Fsp3) is 0.929. The normalized spacial score (nSPS) is 10.5. The van der Waals surface area contributed by atoms with Crippen molar-refractivity contribution in [2.45, 2.75) is 71.1 Å². The van der Waals surface area contributed by atoms with Gasteiger partial charge in [-0.3, -0.25) is 4.79 Å². The number of carbonyl (C=O) groups excluding carboxylic acids is 1. The molecule has 102 valence electrons. The molecule has 2 nitrogen and oxygen atoms in total. The molecule has 17 heavy (non-hydrogen) atoms. The van der Waals surface area contributed by atoms with Crippen LogP contribution < -0.4 is 0 Å². The van der Waals surface area contributed by atoms with Gasteiger partial charge in [-0.05, 0) is 19.3 Å². The average molecular weight is 307 g/mol. The number of carbonyl (C=O) groups is 1. The van der Waals surface area contributed by atoms with Crippen LogP contribution in [0.4, 0.5) is 0 Å². The lowest BCUT2D eigenvalue weighted by atomic mass is 10.1. The molecule has 0 rings (SSSR count). The molecular formula is C14H27BrO2. The lowest BCUT2D eigenvalue weighted by Gasteiger charge is -2.04. The smallest absolute Gasteiger partial charge is 0.305 e. The van der Waals surface area contributed by atoms with E-state index in [1.165, 1.54) is 38.5 Å². The van der Waals surface area contributed by atoms with Crippen LogP contribution in [0, 0.1) is 0 Å². The van der Waals surface area contributed by atoms with Gasteiger partial charge in [0.15, 0.2) is 0 Å². The molecule has 0 unspecified atom stereocenters. The molecule has 0 N–H and O–H groups in total.